The Labute approximate surface area is 126 Å². The van der Waals surface area contributed by atoms with Gasteiger partial charge in [-0.3, -0.25) is 0 Å². The molecule has 19 heavy (non-hydrogen) atoms. The van der Waals surface area contributed by atoms with E-state index in [9.17, 15) is 0 Å². The van der Waals surface area contributed by atoms with Crippen LogP contribution in [0.2, 0.25) is 5.02 Å². The fourth-order valence-electron chi connectivity index (χ4n) is 2.28. The van der Waals surface area contributed by atoms with Crippen LogP contribution >= 0.6 is 24.0 Å². The van der Waals surface area contributed by atoms with E-state index < -0.39 is 0 Å². The molecule has 0 aliphatic carbocycles. The first-order chi connectivity index (χ1) is 8.79. The van der Waals surface area contributed by atoms with Crippen molar-refractivity contribution in [3.8, 4) is 5.75 Å². The predicted molar refractivity (Wildman–Crippen MR) is 82.6 cm³/mol. The number of benzene rings is 1. The molecule has 2 N–H and O–H groups in total. The summed E-state index contributed by atoms with van der Waals surface area (Å²) in [5.74, 6) is 1.68. The average molecular weight is 305 g/mol. The highest BCUT2D eigenvalue weighted by molar-refractivity contribution is 6.30. The van der Waals surface area contributed by atoms with Gasteiger partial charge < -0.3 is 15.4 Å². The third-order valence-electron chi connectivity index (χ3n) is 3.23. The topological polar surface area (TPSA) is 33.3 Å². The molecule has 1 heterocycles. The second kappa shape index (κ2) is 8.64. The van der Waals surface area contributed by atoms with Crippen molar-refractivity contribution in [3.05, 3.63) is 28.8 Å². The second-order valence-electron chi connectivity index (χ2n) is 4.67. The molecule has 1 atom stereocenters. The molecule has 0 radical (unpaired) electrons. The minimum Gasteiger partial charge on any atom is -0.494 e. The smallest absolute Gasteiger partial charge is 0.123 e. The van der Waals surface area contributed by atoms with Gasteiger partial charge in [-0.2, -0.15) is 0 Å². The minimum absolute atomic E-state index is 0. The standard InChI is InChI=1S/C14H21ClN2O.ClH/c1-2-18-14-4-3-13(15)7-12(14)10-17-9-11-5-6-16-8-11;/h3-4,7,11,16-17H,2,5-6,8-10H2,1H3;1H/t11-;/m0./s1. The summed E-state index contributed by atoms with van der Waals surface area (Å²) in [5, 5.41) is 7.63. The monoisotopic (exact) mass is 304 g/mol. The van der Waals surface area contributed by atoms with Crippen LogP contribution < -0.4 is 15.4 Å². The average Bonchev–Trinajstić information content (AvgIpc) is 2.86. The highest BCUT2D eigenvalue weighted by atomic mass is 35.5. The molecule has 0 unspecified atom stereocenters. The Morgan fingerprint density at radius 2 is 2.32 bits per heavy atom. The van der Waals surface area contributed by atoms with E-state index in [4.69, 9.17) is 16.3 Å². The molecule has 3 nitrogen and oxygen atoms in total. The molecule has 1 fully saturated rings. The number of hydrogen-bond acceptors (Lipinski definition) is 3. The molecule has 1 aliphatic rings. The molecular weight excluding hydrogens is 283 g/mol. The lowest BCUT2D eigenvalue weighted by Crippen LogP contribution is -2.24. The Hall–Kier alpha value is -0.480. The van der Waals surface area contributed by atoms with Gasteiger partial charge in [0.1, 0.15) is 5.75 Å². The van der Waals surface area contributed by atoms with Gasteiger partial charge in [0.2, 0.25) is 0 Å². The third kappa shape index (κ3) is 5.19. The Balaban J connectivity index is 0.00000180. The van der Waals surface area contributed by atoms with E-state index in [1.807, 2.05) is 25.1 Å². The molecule has 5 heteroatoms. The van der Waals surface area contributed by atoms with Gasteiger partial charge in [-0.1, -0.05) is 11.6 Å². The highest BCUT2D eigenvalue weighted by Gasteiger charge is 2.13. The molecule has 0 aromatic heterocycles. The van der Waals surface area contributed by atoms with Gasteiger partial charge in [0.15, 0.2) is 0 Å². The molecular formula is C14H22Cl2N2O. The van der Waals surface area contributed by atoms with Crippen molar-refractivity contribution in [2.45, 2.75) is 19.9 Å². The van der Waals surface area contributed by atoms with Crippen LogP contribution in [0.3, 0.4) is 0 Å². The van der Waals surface area contributed by atoms with Crippen molar-refractivity contribution in [1.82, 2.24) is 10.6 Å². The summed E-state index contributed by atoms with van der Waals surface area (Å²) in [7, 11) is 0. The predicted octanol–water partition coefficient (Wildman–Crippen LogP) is 2.86. The zero-order chi connectivity index (χ0) is 12.8. The van der Waals surface area contributed by atoms with Crippen molar-refractivity contribution < 1.29 is 4.74 Å². The van der Waals surface area contributed by atoms with E-state index >= 15 is 0 Å². The maximum atomic E-state index is 6.03. The molecule has 0 bridgehead atoms. The van der Waals surface area contributed by atoms with Gasteiger partial charge in [0.05, 0.1) is 6.61 Å². The number of nitrogens with one attached hydrogen (secondary N) is 2. The maximum absolute atomic E-state index is 6.03. The molecule has 0 spiro atoms. The summed E-state index contributed by atoms with van der Waals surface area (Å²) in [4.78, 5) is 0. The summed E-state index contributed by atoms with van der Waals surface area (Å²) in [5.41, 5.74) is 1.13. The molecule has 0 amide bonds. The van der Waals surface area contributed by atoms with Gasteiger partial charge >= 0.3 is 0 Å². The number of ether oxygens (including phenoxy) is 1. The zero-order valence-corrected chi connectivity index (χ0v) is 12.8. The van der Waals surface area contributed by atoms with Crippen LogP contribution in [0.1, 0.15) is 18.9 Å². The fourth-order valence-corrected chi connectivity index (χ4v) is 2.48. The van der Waals surface area contributed by atoms with E-state index in [0.29, 0.717) is 6.61 Å². The molecule has 0 saturated carbocycles. The lowest BCUT2D eigenvalue weighted by atomic mass is 10.1. The van der Waals surface area contributed by atoms with Crippen molar-refractivity contribution >= 4 is 24.0 Å². The summed E-state index contributed by atoms with van der Waals surface area (Å²) in [6, 6.07) is 5.79. The molecule has 1 aromatic carbocycles. The first kappa shape index (κ1) is 16.6. The molecule has 1 aromatic rings. The van der Waals surface area contributed by atoms with Crippen LogP contribution in [0.25, 0.3) is 0 Å². The number of rotatable bonds is 6. The normalized spacial score (nSPS) is 18.1. The van der Waals surface area contributed by atoms with Crippen LogP contribution in [-0.4, -0.2) is 26.2 Å². The van der Waals surface area contributed by atoms with Crippen molar-refractivity contribution in [2.24, 2.45) is 5.92 Å². The SMILES string of the molecule is CCOc1ccc(Cl)cc1CNC[C@H]1CCNC1.Cl. The Kier molecular flexibility index (Phi) is 7.54. The van der Waals surface area contributed by atoms with E-state index in [2.05, 4.69) is 10.6 Å². The van der Waals surface area contributed by atoms with Gasteiger partial charge in [-0.15, -0.1) is 12.4 Å². The molecule has 2 rings (SSSR count). The summed E-state index contributed by atoms with van der Waals surface area (Å²) >= 11 is 6.03. The largest absolute Gasteiger partial charge is 0.494 e. The Bertz CT molecular complexity index is 382. The Morgan fingerprint density at radius 1 is 1.47 bits per heavy atom. The number of hydrogen-bond donors (Lipinski definition) is 2. The first-order valence-corrected chi connectivity index (χ1v) is 7.00. The molecule has 1 aliphatic heterocycles. The lowest BCUT2D eigenvalue weighted by molar-refractivity contribution is 0.335. The molecule has 108 valence electrons. The van der Waals surface area contributed by atoms with Gasteiger partial charge in [-0.25, -0.2) is 0 Å². The molecule has 1 saturated heterocycles. The number of halogens is 2. The fraction of sp³-hybridized carbons (Fsp3) is 0.571. The van der Waals surface area contributed by atoms with Crippen LogP contribution in [0.5, 0.6) is 5.75 Å². The Morgan fingerprint density at radius 3 is 3.00 bits per heavy atom. The summed E-state index contributed by atoms with van der Waals surface area (Å²) < 4.78 is 5.60. The third-order valence-corrected chi connectivity index (χ3v) is 3.47. The van der Waals surface area contributed by atoms with E-state index in [1.54, 1.807) is 0 Å². The quantitative estimate of drug-likeness (QED) is 0.848. The van der Waals surface area contributed by atoms with E-state index in [0.717, 1.165) is 48.4 Å². The van der Waals surface area contributed by atoms with Crippen molar-refractivity contribution in [1.29, 1.82) is 0 Å². The summed E-state index contributed by atoms with van der Waals surface area (Å²) in [6.45, 7) is 6.81. The second-order valence-corrected chi connectivity index (χ2v) is 5.11. The van der Waals surface area contributed by atoms with Gasteiger partial charge in [0, 0.05) is 17.1 Å². The zero-order valence-electron chi connectivity index (χ0n) is 11.2. The van der Waals surface area contributed by atoms with Gasteiger partial charge in [0.25, 0.3) is 0 Å². The highest BCUT2D eigenvalue weighted by Crippen LogP contribution is 2.23. The van der Waals surface area contributed by atoms with Crippen molar-refractivity contribution in [3.63, 3.8) is 0 Å². The van der Waals surface area contributed by atoms with Crippen molar-refractivity contribution in [2.75, 3.05) is 26.2 Å². The van der Waals surface area contributed by atoms with E-state index in [1.165, 1.54) is 6.42 Å². The first-order valence-electron chi connectivity index (χ1n) is 6.62. The maximum Gasteiger partial charge on any atom is 0.123 e. The van der Waals surface area contributed by atoms with E-state index in [-0.39, 0.29) is 12.4 Å². The lowest BCUT2D eigenvalue weighted by Gasteiger charge is -2.13. The van der Waals surface area contributed by atoms with Crippen LogP contribution in [0.15, 0.2) is 18.2 Å². The van der Waals surface area contributed by atoms with Crippen LogP contribution in [0.4, 0.5) is 0 Å². The van der Waals surface area contributed by atoms with Crippen LogP contribution in [0, 0.1) is 5.92 Å². The van der Waals surface area contributed by atoms with Crippen LogP contribution in [-0.2, 0) is 6.54 Å². The minimum atomic E-state index is 0. The van der Waals surface area contributed by atoms with Gasteiger partial charge in [-0.05, 0) is 57.1 Å². The summed E-state index contributed by atoms with van der Waals surface area (Å²) in [6.07, 6.45) is 1.26.